The molecule has 0 bridgehead atoms. The number of nitrogens with two attached hydrogens (primary N) is 1. The molecule has 4 nitrogen and oxygen atoms in total. The molecule has 0 spiro atoms. The normalized spacial score (nSPS) is 16.2. The van der Waals surface area contributed by atoms with E-state index in [0.717, 1.165) is 44.2 Å². The van der Waals surface area contributed by atoms with Gasteiger partial charge in [-0.2, -0.15) is 0 Å². The molecule has 18 heavy (non-hydrogen) atoms. The molecule has 1 saturated heterocycles. The number of rotatable bonds is 4. The van der Waals surface area contributed by atoms with Crippen LogP contribution in [0.15, 0.2) is 18.2 Å². The lowest BCUT2D eigenvalue weighted by Gasteiger charge is -2.26. The van der Waals surface area contributed by atoms with Crippen molar-refractivity contribution in [3.05, 3.63) is 23.8 Å². The van der Waals surface area contributed by atoms with Crippen molar-refractivity contribution in [2.75, 3.05) is 45.2 Å². The largest absolute Gasteiger partial charge is 0.492 e. The second-order valence-corrected chi connectivity index (χ2v) is 4.24. The van der Waals surface area contributed by atoms with Crippen LogP contribution >= 0.6 is 0 Å². The summed E-state index contributed by atoms with van der Waals surface area (Å²) < 4.78 is 11.0. The number of benzene rings is 1. The van der Waals surface area contributed by atoms with Crippen molar-refractivity contribution in [3.8, 4) is 18.1 Å². The minimum absolute atomic E-state index is 0.631. The van der Waals surface area contributed by atoms with E-state index in [1.54, 1.807) is 12.1 Å². The predicted octanol–water partition coefficient (Wildman–Crippen LogP) is 0.961. The Morgan fingerprint density at radius 2 is 2.11 bits per heavy atom. The maximum Gasteiger partial charge on any atom is 0.122 e. The molecule has 4 heteroatoms. The van der Waals surface area contributed by atoms with E-state index >= 15 is 0 Å². The number of nitrogens with zero attached hydrogens (tertiary/aromatic N) is 1. The molecule has 0 unspecified atom stereocenters. The van der Waals surface area contributed by atoms with Crippen molar-refractivity contribution in [2.45, 2.75) is 0 Å². The summed E-state index contributed by atoms with van der Waals surface area (Å²) >= 11 is 0. The van der Waals surface area contributed by atoms with Crippen LogP contribution in [0.1, 0.15) is 5.56 Å². The first kappa shape index (κ1) is 12.7. The maximum atomic E-state index is 5.75. The number of anilines is 1. The van der Waals surface area contributed by atoms with Crippen LogP contribution in [0.25, 0.3) is 0 Å². The molecular weight excluding hydrogens is 228 g/mol. The number of terminal acetylenes is 1. The fourth-order valence-corrected chi connectivity index (χ4v) is 1.91. The highest BCUT2D eigenvalue weighted by molar-refractivity contribution is 5.52. The van der Waals surface area contributed by atoms with Gasteiger partial charge >= 0.3 is 0 Å². The summed E-state index contributed by atoms with van der Waals surface area (Å²) in [5.41, 5.74) is 7.12. The molecule has 2 N–H and O–H groups in total. The second-order valence-electron chi connectivity index (χ2n) is 4.24. The number of morpholine rings is 1. The van der Waals surface area contributed by atoms with Crippen LogP contribution in [0.5, 0.6) is 5.75 Å². The Hall–Kier alpha value is -1.70. The molecule has 0 saturated carbocycles. The average molecular weight is 246 g/mol. The van der Waals surface area contributed by atoms with Gasteiger partial charge in [0.2, 0.25) is 0 Å². The lowest BCUT2D eigenvalue weighted by atomic mass is 10.2. The molecule has 0 aromatic heterocycles. The monoisotopic (exact) mass is 246 g/mol. The summed E-state index contributed by atoms with van der Waals surface area (Å²) in [5, 5.41) is 0. The molecule has 1 aliphatic rings. The third-order valence-corrected chi connectivity index (χ3v) is 2.88. The average Bonchev–Trinajstić information content (AvgIpc) is 2.39. The van der Waals surface area contributed by atoms with Gasteiger partial charge in [-0.05, 0) is 12.1 Å². The zero-order valence-corrected chi connectivity index (χ0v) is 10.4. The van der Waals surface area contributed by atoms with E-state index in [9.17, 15) is 0 Å². The number of hydrogen-bond acceptors (Lipinski definition) is 4. The van der Waals surface area contributed by atoms with E-state index in [1.807, 2.05) is 6.07 Å². The van der Waals surface area contributed by atoms with Crippen molar-refractivity contribution >= 4 is 5.69 Å². The van der Waals surface area contributed by atoms with Crippen LogP contribution in [0.3, 0.4) is 0 Å². The molecule has 0 radical (unpaired) electrons. The summed E-state index contributed by atoms with van der Waals surface area (Å²) in [6.45, 7) is 5.07. The maximum absolute atomic E-state index is 5.75. The first-order chi connectivity index (χ1) is 8.78. The van der Waals surface area contributed by atoms with Crippen LogP contribution in [0, 0.1) is 12.3 Å². The van der Waals surface area contributed by atoms with E-state index in [-0.39, 0.29) is 0 Å². The molecule has 0 amide bonds. The Morgan fingerprint density at radius 1 is 1.33 bits per heavy atom. The van der Waals surface area contributed by atoms with Crippen molar-refractivity contribution in [3.63, 3.8) is 0 Å². The standard InChI is InChI=1S/C14H18N2O2/c1-2-12-9-13(15)11-14(10-12)18-8-5-16-3-6-17-7-4-16/h1,9-11H,3-8,15H2. The Bertz CT molecular complexity index is 434. The molecule has 1 aromatic rings. The van der Waals surface area contributed by atoms with Crippen LogP contribution in [0.4, 0.5) is 5.69 Å². The van der Waals surface area contributed by atoms with E-state index in [0.29, 0.717) is 12.3 Å². The Kier molecular flexibility index (Phi) is 4.46. The highest BCUT2D eigenvalue weighted by atomic mass is 16.5. The topological polar surface area (TPSA) is 47.7 Å². The van der Waals surface area contributed by atoms with E-state index in [4.69, 9.17) is 21.6 Å². The molecule has 2 rings (SSSR count). The van der Waals surface area contributed by atoms with Gasteiger partial charge in [0.1, 0.15) is 12.4 Å². The molecule has 1 fully saturated rings. The van der Waals surface area contributed by atoms with Crippen LogP contribution in [-0.4, -0.2) is 44.4 Å². The summed E-state index contributed by atoms with van der Waals surface area (Å²) in [7, 11) is 0. The van der Waals surface area contributed by atoms with Crippen molar-refractivity contribution in [2.24, 2.45) is 0 Å². The summed E-state index contributed by atoms with van der Waals surface area (Å²) in [5.74, 6) is 3.29. The Labute approximate surface area is 108 Å². The molecule has 96 valence electrons. The van der Waals surface area contributed by atoms with E-state index in [1.165, 1.54) is 0 Å². The highest BCUT2D eigenvalue weighted by Crippen LogP contribution is 2.18. The number of ether oxygens (including phenoxy) is 2. The quantitative estimate of drug-likeness (QED) is 0.635. The Morgan fingerprint density at radius 3 is 2.83 bits per heavy atom. The van der Waals surface area contributed by atoms with Gasteiger partial charge in [-0.25, -0.2) is 0 Å². The van der Waals surface area contributed by atoms with Gasteiger partial charge in [0.25, 0.3) is 0 Å². The van der Waals surface area contributed by atoms with Crippen LogP contribution in [0.2, 0.25) is 0 Å². The molecule has 0 atom stereocenters. The van der Waals surface area contributed by atoms with Crippen molar-refractivity contribution < 1.29 is 9.47 Å². The minimum atomic E-state index is 0.631. The molecule has 1 heterocycles. The molecular formula is C14H18N2O2. The molecule has 1 aromatic carbocycles. The van der Waals surface area contributed by atoms with Gasteiger partial charge in [0.15, 0.2) is 0 Å². The fourth-order valence-electron chi connectivity index (χ4n) is 1.91. The van der Waals surface area contributed by atoms with Crippen molar-refractivity contribution in [1.29, 1.82) is 0 Å². The summed E-state index contributed by atoms with van der Waals surface area (Å²) in [6.07, 6.45) is 5.35. The Balaban J connectivity index is 1.82. The second kappa shape index (κ2) is 6.29. The lowest BCUT2D eigenvalue weighted by molar-refractivity contribution is 0.0322. The first-order valence-corrected chi connectivity index (χ1v) is 6.08. The van der Waals surface area contributed by atoms with E-state index < -0.39 is 0 Å². The predicted molar refractivity (Wildman–Crippen MR) is 71.5 cm³/mol. The third-order valence-electron chi connectivity index (χ3n) is 2.88. The molecule has 0 aliphatic carbocycles. The summed E-state index contributed by atoms with van der Waals surface area (Å²) in [6, 6.07) is 5.38. The fraction of sp³-hybridized carbons (Fsp3) is 0.429. The van der Waals surface area contributed by atoms with Crippen LogP contribution in [-0.2, 0) is 4.74 Å². The zero-order chi connectivity index (χ0) is 12.8. The summed E-state index contributed by atoms with van der Waals surface area (Å²) in [4.78, 5) is 2.32. The third kappa shape index (κ3) is 3.66. The van der Waals surface area contributed by atoms with Gasteiger partial charge < -0.3 is 15.2 Å². The van der Waals surface area contributed by atoms with Gasteiger partial charge in [-0.3, -0.25) is 4.90 Å². The highest BCUT2D eigenvalue weighted by Gasteiger charge is 2.09. The van der Waals surface area contributed by atoms with Crippen molar-refractivity contribution in [1.82, 2.24) is 4.90 Å². The van der Waals surface area contributed by atoms with Gasteiger partial charge in [-0.1, -0.05) is 5.92 Å². The SMILES string of the molecule is C#Cc1cc(N)cc(OCCN2CCOCC2)c1. The lowest BCUT2D eigenvalue weighted by Crippen LogP contribution is -2.38. The number of hydrogen-bond donors (Lipinski definition) is 1. The van der Waals surface area contributed by atoms with Gasteiger partial charge in [0.05, 0.1) is 13.2 Å². The smallest absolute Gasteiger partial charge is 0.122 e. The molecule has 1 aliphatic heterocycles. The number of nitrogen functional groups attached to an aromatic ring is 1. The minimum Gasteiger partial charge on any atom is -0.492 e. The van der Waals surface area contributed by atoms with Gasteiger partial charge in [-0.15, -0.1) is 6.42 Å². The zero-order valence-electron chi connectivity index (χ0n) is 10.4. The first-order valence-electron chi connectivity index (χ1n) is 6.08. The van der Waals surface area contributed by atoms with Crippen LogP contribution < -0.4 is 10.5 Å². The van der Waals surface area contributed by atoms with E-state index in [2.05, 4.69) is 10.8 Å². The van der Waals surface area contributed by atoms with Gasteiger partial charge in [0, 0.05) is 37.0 Å².